The van der Waals surface area contributed by atoms with Gasteiger partial charge in [0.1, 0.15) is 17.1 Å². The number of oxime groups is 1. The Hall–Kier alpha value is -3.55. The Balaban J connectivity index is 1.82. The van der Waals surface area contributed by atoms with Gasteiger partial charge in [-0.1, -0.05) is 35.5 Å². The number of aromatic hydroxyl groups is 2. The summed E-state index contributed by atoms with van der Waals surface area (Å²) in [5, 5.41) is 24.4. The molecule has 2 unspecified atom stereocenters. The molecule has 8 nitrogen and oxygen atoms in total. The molecular formula is C25H30N2O6. The molecule has 0 radical (unpaired) electrons. The molecule has 0 saturated carbocycles. The van der Waals surface area contributed by atoms with Crippen molar-refractivity contribution < 1.29 is 29.4 Å². The summed E-state index contributed by atoms with van der Waals surface area (Å²) in [6, 6.07) is 2.47. The molecule has 1 amide bonds. The van der Waals surface area contributed by atoms with Crippen LogP contribution in [0.4, 0.5) is 0 Å². The number of hydrogen-bond acceptors (Lipinski definition) is 7. The number of amides is 1. The smallest absolute Gasteiger partial charge is 0.342 e. The number of carbonyl (C=O) groups is 2. The van der Waals surface area contributed by atoms with Crippen LogP contribution in [0.1, 0.15) is 49.0 Å². The molecule has 8 heteroatoms. The molecule has 176 valence electrons. The number of benzene rings is 1. The van der Waals surface area contributed by atoms with Crippen molar-refractivity contribution in [3.05, 3.63) is 59.7 Å². The van der Waals surface area contributed by atoms with Crippen molar-refractivity contribution in [3.8, 4) is 11.5 Å². The normalized spacial score (nSPS) is 22.7. The predicted molar refractivity (Wildman–Crippen MR) is 124 cm³/mol. The Kier molecular flexibility index (Phi) is 8.29. The average molecular weight is 455 g/mol. The van der Waals surface area contributed by atoms with Crippen LogP contribution in [-0.2, 0) is 20.8 Å². The number of esters is 1. The maximum atomic E-state index is 12.6. The second-order valence-electron chi connectivity index (χ2n) is 8.07. The highest BCUT2D eigenvalue weighted by molar-refractivity contribution is 6.00. The van der Waals surface area contributed by atoms with Gasteiger partial charge in [0.25, 0.3) is 5.91 Å². The van der Waals surface area contributed by atoms with E-state index >= 15 is 0 Å². The largest absolute Gasteiger partial charge is 0.508 e. The summed E-state index contributed by atoms with van der Waals surface area (Å²) < 4.78 is 5.28. The second kappa shape index (κ2) is 11.4. The number of rotatable bonds is 3. The molecule has 2 heterocycles. The number of ether oxygens (including phenoxy) is 1. The summed E-state index contributed by atoms with van der Waals surface area (Å²) in [6.07, 6.45) is 13.8. The standard InChI is InChI=1S/C25H30N2O6/c1-17-10-11-18(2)27(17)23(30)16-33-26-20-9-7-5-3-4-6-8-12-32-25(31)24-19(13-20)14-21(28)15-22(24)29/h4,6-7,9-11,14-15,17-18,28-29H,3,5,8,12-13,16H2,1-2H3. The van der Waals surface area contributed by atoms with Crippen molar-refractivity contribution >= 4 is 17.6 Å². The summed E-state index contributed by atoms with van der Waals surface area (Å²) in [7, 11) is 0. The molecule has 0 aromatic heterocycles. The van der Waals surface area contributed by atoms with E-state index in [9.17, 15) is 19.8 Å². The SMILES string of the molecule is CC1C=CC(C)N1C(=O)CON=C1C=CCCC=CCCOC(=O)c2c(O)cc(O)cc2C1. The van der Waals surface area contributed by atoms with Crippen LogP contribution in [-0.4, -0.2) is 58.0 Å². The molecule has 33 heavy (non-hydrogen) atoms. The number of hydrogen-bond donors (Lipinski definition) is 2. The fraction of sp³-hybridized carbons (Fsp3) is 0.400. The average Bonchev–Trinajstić information content (AvgIpc) is 3.09. The lowest BCUT2D eigenvalue weighted by Crippen LogP contribution is -2.41. The topological polar surface area (TPSA) is 109 Å². The van der Waals surface area contributed by atoms with Gasteiger partial charge in [-0.05, 0) is 50.8 Å². The van der Waals surface area contributed by atoms with Crippen molar-refractivity contribution in [3.63, 3.8) is 0 Å². The van der Waals surface area contributed by atoms with E-state index in [-0.39, 0.29) is 54.7 Å². The quantitative estimate of drug-likeness (QED) is 0.410. The minimum absolute atomic E-state index is 0.00472. The van der Waals surface area contributed by atoms with Crippen LogP contribution < -0.4 is 0 Å². The molecule has 0 bridgehead atoms. The van der Waals surface area contributed by atoms with Gasteiger partial charge >= 0.3 is 5.97 Å². The third kappa shape index (κ3) is 6.47. The van der Waals surface area contributed by atoms with Crippen LogP contribution in [0.15, 0.2) is 53.7 Å². The first kappa shape index (κ1) is 24.1. The zero-order chi connectivity index (χ0) is 23.8. The third-order valence-electron chi connectivity index (χ3n) is 5.46. The van der Waals surface area contributed by atoms with Gasteiger partial charge in [-0.2, -0.15) is 0 Å². The molecule has 0 aliphatic carbocycles. The number of carbonyl (C=O) groups excluding carboxylic acids is 2. The van der Waals surface area contributed by atoms with E-state index in [1.165, 1.54) is 6.07 Å². The van der Waals surface area contributed by atoms with Gasteiger partial charge in [-0.25, -0.2) is 4.79 Å². The third-order valence-corrected chi connectivity index (χ3v) is 5.46. The van der Waals surface area contributed by atoms with Gasteiger partial charge in [-0.15, -0.1) is 0 Å². The van der Waals surface area contributed by atoms with Crippen LogP contribution in [0.2, 0.25) is 0 Å². The van der Waals surface area contributed by atoms with Crippen molar-refractivity contribution in [1.29, 1.82) is 0 Å². The predicted octanol–water partition coefficient (Wildman–Crippen LogP) is 3.64. The van der Waals surface area contributed by atoms with Crippen LogP contribution in [0, 0.1) is 0 Å². The number of fused-ring (bicyclic) bond motifs is 1. The molecule has 1 aromatic carbocycles. The zero-order valence-electron chi connectivity index (χ0n) is 18.9. The molecule has 3 rings (SSSR count). The minimum atomic E-state index is -0.683. The maximum Gasteiger partial charge on any atom is 0.342 e. The Morgan fingerprint density at radius 2 is 1.82 bits per heavy atom. The number of phenolic OH excluding ortho intramolecular Hbond substituents is 2. The molecule has 2 aliphatic rings. The lowest BCUT2D eigenvalue weighted by molar-refractivity contribution is -0.137. The van der Waals surface area contributed by atoms with E-state index < -0.39 is 5.97 Å². The zero-order valence-corrected chi connectivity index (χ0v) is 18.9. The minimum Gasteiger partial charge on any atom is -0.508 e. The fourth-order valence-electron chi connectivity index (χ4n) is 3.88. The lowest BCUT2D eigenvalue weighted by atomic mass is 10.00. The monoisotopic (exact) mass is 454 g/mol. The van der Waals surface area contributed by atoms with Gasteiger partial charge in [0.05, 0.1) is 12.3 Å². The first-order valence-electron chi connectivity index (χ1n) is 11.1. The number of cyclic esters (lactones) is 1. The van der Waals surface area contributed by atoms with Gasteiger partial charge in [0.15, 0.2) is 6.61 Å². The molecular weight excluding hydrogens is 424 g/mol. The highest BCUT2D eigenvalue weighted by atomic mass is 16.6. The van der Waals surface area contributed by atoms with Gasteiger partial charge in [0, 0.05) is 24.6 Å². The van der Waals surface area contributed by atoms with Crippen molar-refractivity contribution in [2.24, 2.45) is 5.16 Å². The van der Waals surface area contributed by atoms with E-state index in [0.717, 1.165) is 18.9 Å². The molecule has 0 fully saturated rings. The maximum absolute atomic E-state index is 12.6. The number of phenols is 2. The summed E-state index contributed by atoms with van der Waals surface area (Å²) in [5.74, 6) is -1.43. The Labute approximate surface area is 193 Å². The Morgan fingerprint density at radius 1 is 1.12 bits per heavy atom. The highest BCUT2D eigenvalue weighted by Crippen LogP contribution is 2.29. The van der Waals surface area contributed by atoms with Crippen LogP contribution in [0.25, 0.3) is 0 Å². The van der Waals surface area contributed by atoms with E-state index in [0.29, 0.717) is 17.7 Å². The first-order valence-corrected chi connectivity index (χ1v) is 11.1. The van der Waals surface area contributed by atoms with E-state index in [1.54, 1.807) is 11.0 Å². The molecule has 0 saturated heterocycles. The van der Waals surface area contributed by atoms with E-state index in [2.05, 4.69) is 5.16 Å². The second-order valence-corrected chi connectivity index (χ2v) is 8.07. The van der Waals surface area contributed by atoms with Crippen molar-refractivity contribution in [1.82, 2.24) is 4.90 Å². The number of allylic oxidation sites excluding steroid dienone is 3. The first-order chi connectivity index (χ1) is 15.9. The van der Waals surface area contributed by atoms with Crippen LogP contribution in [0.5, 0.6) is 11.5 Å². The van der Waals surface area contributed by atoms with Crippen LogP contribution in [0.3, 0.4) is 0 Å². The van der Waals surface area contributed by atoms with Crippen molar-refractivity contribution in [2.45, 2.75) is 51.6 Å². The van der Waals surface area contributed by atoms with Gasteiger partial charge in [-0.3, -0.25) is 4.79 Å². The van der Waals surface area contributed by atoms with Crippen LogP contribution >= 0.6 is 0 Å². The van der Waals surface area contributed by atoms with Gasteiger partial charge < -0.3 is 24.7 Å². The summed E-state index contributed by atoms with van der Waals surface area (Å²) in [5.41, 5.74) is 0.745. The molecule has 1 aromatic rings. The molecule has 2 aliphatic heterocycles. The Bertz CT molecular complexity index is 983. The number of nitrogens with zero attached hydrogens (tertiary/aromatic N) is 2. The molecule has 2 atom stereocenters. The van der Waals surface area contributed by atoms with Crippen molar-refractivity contribution in [2.75, 3.05) is 13.2 Å². The summed E-state index contributed by atoms with van der Waals surface area (Å²) in [4.78, 5) is 32.2. The lowest BCUT2D eigenvalue weighted by Gasteiger charge is -2.25. The Morgan fingerprint density at radius 3 is 2.58 bits per heavy atom. The fourth-order valence-corrected chi connectivity index (χ4v) is 3.88. The summed E-state index contributed by atoms with van der Waals surface area (Å²) in [6.45, 7) is 3.83. The molecule has 0 spiro atoms. The van der Waals surface area contributed by atoms with Gasteiger partial charge in [0.2, 0.25) is 0 Å². The van der Waals surface area contributed by atoms with E-state index in [4.69, 9.17) is 9.57 Å². The highest BCUT2D eigenvalue weighted by Gasteiger charge is 2.27. The summed E-state index contributed by atoms with van der Waals surface area (Å²) >= 11 is 0. The van der Waals surface area contributed by atoms with E-state index in [1.807, 2.05) is 44.2 Å². The molecule has 2 N–H and O–H groups in total.